The van der Waals surface area contributed by atoms with Crippen molar-refractivity contribution in [3.05, 3.63) is 60.7 Å². The van der Waals surface area contributed by atoms with E-state index in [1.165, 1.54) is 14.0 Å². The van der Waals surface area contributed by atoms with Gasteiger partial charge in [0.25, 0.3) is 8.32 Å². The number of carbonyl (C=O) groups is 2. The number of benzene rings is 2. The molecule has 1 N–H and O–H groups in total. The van der Waals surface area contributed by atoms with Crippen LogP contribution in [-0.2, 0) is 28.2 Å². The third-order valence-corrected chi connectivity index (χ3v) is 11.7. The molecule has 2 aromatic rings. The van der Waals surface area contributed by atoms with Gasteiger partial charge in [0.05, 0.1) is 18.8 Å². The second-order valence-electron chi connectivity index (χ2n) is 11.9. The van der Waals surface area contributed by atoms with Crippen LogP contribution in [0.2, 0.25) is 5.04 Å². The molecule has 0 spiro atoms. The number of alkyl carbamates (subject to hydrolysis) is 1. The highest BCUT2D eigenvalue weighted by Gasteiger charge is 2.51. The molecule has 214 valence electrons. The molecule has 4 atom stereocenters. The summed E-state index contributed by atoms with van der Waals surface area (Å²) in [5, 5.41) is 4.98. The number of nitrogens with one attached hydrogen (secondary N) is 1. The van der Waals surface area contributed by atoms with Crippen molar-refractivity contribution in [1.29, 1.82) is 0 Å². The van der Waals surface area contributed by atoms with E-state index in [1.54, 1.807) is 20.8 Å². The third-order valence-electron chi connectivity index (χ3n) is 6.65. The third kappa shape index (κ3) is 7.69. The minimum atomic E-state index is -2.81. The van der Waals surface area contributed by atoms with Gasteiger partial charge < -0.3 is 28.7 Å². The second-order valence-corrected chi connectivity index (χ2v) is 16.2. The van der Waals surface area contributed by atoms with Crippen molar-refractivity contribution in [2.24, 2.45) is 0 Å². The number of hydrogen-bond acceptors (Lipinski definition) is 7. The molecule has 1 amide bonds. The maximum absolute atomic E-state index is 12.7. The van der Waals surface area contributed by atoms with Crippen molar-refractivity contribution < 1.29 is 33.0 Å². The fourth-order valence-electron chi connectivity index (χ4n) is 5.14. The van der Waals surface area contributed by atoms with Gasteiger partial charge in [-0.3, -0.25) is 4.79 Å². The summed E-state index contributed by atoms with van der Waals surface area (Å²) in [6.45, 7) is 13.6. The topological polar surface area (TPSA) is 92.3 Å². The van der Waals surface area contributed by atoms with Crippen LogP contribution >= 0.6 is 0 Å². The molecule has 9 heteroatoms. The Bertz CT molecular complexity index is 1040. The summed E-state index contributed by atoms with van der Waals surface area (Å²) in [5.74, 6) is -0.497. The summed E-state index contributed by atoms with van der Waals surface area (Å²) in [5.41, 5.74) is -0.682. The minimum absolute atomic E-state index is 0.209. The zero-order valence-corrected chi connectivity index (χ0v) is 25.4. The molecule has 0 aliphatic carbocycles. The Labute approximate surface area is 233 Å². The molecule has 3 rings (SSSR count). The Hall–Kier alpha value is -2.72. The van der Waals surface area contributed by atoms with E-state index >= 15 is 0 Å². The van der Waals surface area contributed by atoms with E-state index in [9.17, 15) is 9.59 Å². The number of amides is 1. The Morgan fingerprint density at radius 3 is 1.92 bits per heavy atom. The van der Waals surface area contributed by atoms with Gasteiger partial charge in [-0.25, -0.2) is 4.79 Å². The standard InChI is InChI=1S/C30H43NO7Si/c1-21(32)36-26-25(31-28(33)38-29(2,3)4)19-22(37-27(26)34-8)20-35-39(30(5,6)7,23-15-11-9-12-16-23)24-17-13-10-14-18-24/h9-18,22,25-27H,19-20H2,1-8H3,(H,31,33)/t22-,25-,26+,27+/m0/s1. The van der Waals surface area contributed by atoms with Crippen molar-refractivity contribution in [1.82, 2.24) is 5.32 Å². The monoisotopic (exact) mass is 557 g/mol. The van der Waals surface area contributed by atoms with Gasteiger partial charge in [-0.15, -0.1) is 0 Å². The largest absolute Gasteiger partial charge is 0.455 e. The number of methoxy groups -OCH3 is 1. The second kappa shape index (κ2) is 12.6. The molecule has 1 saturated heterocycles. The summed E-state index contributed by atoms with van der Waals surface area (Å²) in [7, 11) is -1.33. The lowest BCUT2D eigenvalue weighted by molar-refractivity contribution is -0.248. The van der Waals surface area contributed by atoms with Crippen LogP contribution in [0.15, 0.2) is 60.7 Å². The van der Waals surface area contributed by atoms with Gasteiger partial charge in [0.1, 0.15) is 5.60 Å². The summed E-state index contributed by atoms with van der Waals surface area (Å²) >= 11 is 0. The van der Waals surface area contributed by atoms with Gasteiger partial charge in [-0.1, -0.05) is 81.4 Å². The van der Waals surface area contributed by atoms with Crippen molar-refractivity contribution >= 4 is 30.8 Å². The lowest BCUT2D eigenvalue weighted by atomic mass is 9.99. The molecule has 0 unspecified atom stereocenters. The zero-order chi connectivity index (χ0) is 28.8. The van der Waals surface area contributed by atoms with Crippen molar-refractivity contribution in [2.75, 3.05) is 13.7 Å². The van der Waals surface area contributed by atoms with E-state index in [4.69, 9.17) is 23.4 Å². The zero-order valence-electron chi connectivity index (χ0n) is 24.4. The van der Waals surface area contributed by atoms with E-state index < -0.39 is 50.5 Å². The Kier molecular flexibility index (Phi) is 9.98. The van der Waals surface area contributed by atoms with E-state index in [2.05, 4.69) is 50.4 Å². The predicted octanol–water partition coefficient (Wildman–Crippen LogP) is 4.15. The van der Waals surface area contributed by atoms with Crippen molar-refractivity contribution in [2.45, 2.75) is 90.1 Å². The Morgan fingerprint density at radius 1 is 0.949 bits per heavy atom. The first kappa shape index (κ1) is 30.8. The van der Waals surface area contributed by atoms with Crippen LogP contribution in [0.25, 0.3) is 0 Å². The average Bonchev–Trinajstić information content (AvgIpc) is 2.84. The molecule has 0 bridgehead atoms. The first-order valence-corrected chi connectivity index (χ1v) is 15.3. The SMILES string of the molecule is CO[C@@H]1O[C@H](CO[Si](c2ccccc2)(c2ccccc2)C(C)(C)C)C[C@H](NC(=O)OC(C)(C)C)[C@H]1OC(C)=O. The van der Waals surface area contributed by atoms with E-state index in [0.717, 1.165) is 10.4 Å². The quantitative estimate of drug-likeness (QED) is 0.385. The van der Waals surface area contributed by atoms with Crippen LogP contribution in [0.4, 0.5) is 4.79 Å². The van der Waals surface area contributed by atoms with Crippen LogP contribution in [0.5, 0.6) is 0 Å². The lowest BCUT2D eigenvalue weighted by Gasteiger charge is -2.45. The number of ether oxygens (including phenoxy) is 4. The molecular formula is C30H43NO7Si. The molecule has 1 heterocycles. The molecule has 1 aliphatic rings. The first-order valence-electron chi connectivity index (χ1n) is 13.4. The van der Waals surface area contributed by atoms with Gasteiger partial charge in [-0.05, 0) is 36.2 Å². The van der Waals surface area contributed by atoms with Crippen LogP contribution < -0.4 is 15.7 Å². The van der Waals surface area contributed by atoms with Gasteiger partial charge in [0.15, 0.2) is 12.4 Å². The number of esters is 1. The maximum atomic E-state index is 12.7. The Balaban J connectivity index is 1.93. The summed E-state index contributed by atoms with van der Waals surface area (Å²) < 4.78 is 29.9. The van der Waals surface area contributed by atoms with Gasteiger partial charge in [0.2, 0.25) is 0 Å². The normalized spacial score (nSPS) is 22.2. The smallest absolute Gasteiger partial charge is 0.408 e. The van der Waals surface area contributed by atoms with E-state index in [1.807, 2.05) is 36.4 Å². The summed E-state index contributed by atoms with van der Waals surface area (Å²) in [6, 6.07) is 20.1. The molecule has 0 aromatic heterocycles. The van der Waals surface area contributed by atoms with Gasteiger partial charge in [0, 0.05) is 20.5 Å². The highest BCUT2D eigenvalue weighted by molar-refractivity contribution is 6.99. The van der Waals surface area contributed by atoms with Crippen molar-refractivity contribution in [3.63, 3.8) is 0 Å². The van der Waals surface area contributed by atoms with Crippen LogP contribution in [-0.4, -0.2) is 64.2 Å². The Morgan fingerprint density at radius 2 is 1.49 bits per heavy atom. The van der Waals surface area contributed by atoms with Crippen LogP contribution in [0, 0.1) is 0 Å². The molecular weight excluding hydrogens is 514 g/mol. The lowest BCUT2D eigenvalue weighted by Crippen LogP contribution is -2.67. The maximum Gasteiger partial charge on any atom is 0.408 e. The number of rotatable bonds is 8. The van der Waals surface area contributed by atoms with Gasteiger partial charge >= 0.3 is 12.1 Å². The van der Waals surface area contributed by atoms with Crippen molar-refractivity contribution in [3.8, 4) is 0 Å². The number of hydrogen-bond donors (Lipinski definition) is 1. The fourth-order valence-corrected chi connectivity index (χ4v) is 9.73. The molecule has 39 heavy (non-hydrogen) atoms. The molecule has 0 radical (unpaired) electrons. The first-order chi connectivity index (χ1) is 18.3. The predicted molar refractivity (Wildman–Crippen MR) is 153 cm³/mol. The molecule has 1 fully saturated rings. The number of carbonyl (C=O) groups excluding carboxylic acids is 2. The van der Waals surface area contributed by atoms with Gasteiger partial charge in [-0.2, -0.15) is 0 Å². The van der Waals surface area contributed by atoms with Crippen LogP contribution in [0.3, 0.4) is 0 Å². The summed E-state index contributed by atoms with van der Waals surface area (Å²) in [4.78, 5) is 24.6. The highest BCUT2D eigenvalue weighted by atomic mass is 28.4. The summed E-state index contributed by atoms with van der Waals surface area (Å²) in [6.07, 6.45) is -2.44. The van der Waals surface area contributed by atoms with E-state index in [-0.39, 0.29) is 11.6 Å². The molecule has 8 nitrogen and oxygen atoms in total. The molecule has 1 aliphatic heterocycles. The average molecular weight is 558 g/mol. The fraction of sp³-hybridized carbons (Fsp3) is 0.533. The molecule has 0 saturated carbocycles. The molecule has 2 aromatic carbocycles. The highest BCUT2D eigenvalue weighted by Crippen LogP contribution is 2.37. The van der Waals surface area contributed by atoms with Crippen LogP contribution in [0.1, 0.15) is 54.9 Å². The van der Waals surface area contributed by atoms with E-state index in [0.29, 0.717) is 6.42 Å². The minimum Gasteiger partial charge on any atom is -0.455 e.